The number of rotatable bonds is 3. The van der Waals surface area contributed by atoms with Crippen molar-refractivity contribution in [1.29, 1.82) is 0 Å². The molecule has 1 heteroatoms. The van der Waals surface area contributed by atoms with E-state index in [0.29, 0.717) is 12.5 Å². The number of hydrogen-bond acceptors (Lipinski definition) is 1. The summed E-state index contributed by atoms with van der Waals surface area (Å²) in [4.78, 5) is 0. The van der Waals surface area contributed by atoms with Crippen LogP contribution in [-0.4, -0.2) is 11.7 Å². The first-order valence-electron chi connectivity index (χ1n) is 7.32. The average Bonchev–Trinajstić information content (AvgIpc) is 2.39. The van der Waals surface area contributed by atoms with Crippen LogP contribution in [0, 0.1) is 12.3 Å². The molecule has 0 heterocycles. The first-order chi connectivity index (χ1) is 8.95. The van der Waals surface area contributed by atoms with Crippen molar-refractivity contribution in [1.82, 2.24) is 0 Å². The highest BCUT2D eigenvalue weighted by Crippen LogP contribution is 2.44. The zero-order chi connectivity index (χ0) is 14.0. The normalized spacial score (nSPS) is 27.3. The van der Waals surface area contributed by atoms with E-state index in [4.69, 9.17) is 0 Å². The molecular weight excluding hydrogens is 232 g/mol. The standard InChI is InChI=1S/C18H26O/c1-13(2)16-6-5-14(3)11-17(16)15-7-9-18(4,12-19)10-8-15/h5-6,11,15,19H,1,7-10,12H2,2-4H3. The zero-order valence-electron chi connectivity index (χ0n) is 12.5. The molecule has 1 N–H and O–H groups in total. The average molecular weight is 258 g/mol. The van der Waals surface area contributed by atoms with E-state index in [1.807, 2.05) is 0 Å². The van der Waals surface area contributed by atoms with E-state index in [0.717, 1.165) is 18.4 Å². The van der Waals surface area contributed by atoms with Gasteiger partial charge in [0, 0.05) is 6.61 Å². The third kappa shape index (κ3) is 3.09. The first-order valence-corrected chi connectivity index (χ1v) is 7.32. The highest BCUT2D eigenvalue weighted by molar-refractivity contribution is 5.65. The molecule has 1 aliphatic rings. The zero-order valence-corrected chi connectivity index (χ0v) is 12.5. The van der Waals surface area contributed by atoms with E-state index in [9.17, 15) is 5.11 Å². The molecule has 1 aliphatic carbocycles. The summed E-state index contributed by atoms with van der Waals surface area (Å²) in [5.41, 5.74) is 5.42. The van der Waals surface area contributed by atoms with Gasteiger partial charge in [-0.25, -0.2) is 0 Å². The molecule has 0 aliphatic heterocycles. The van der Waals surface area contributed by atoms with E-state index in [1.54, 1.807) is 0 Å². The highest BCUT2D eigenvalue weighted by atomic mass is 16.3. The summed E-state index contributed by atoms with van der Waals surface area (Å²) in [5.74, 6) is 0.631. The van der Waals surface area contributed by atoms with Crippen LogP contribution in [0.3, 0.4) is 0 Å². The number of hydrogen-bond donors (Lipinski definition) is 1. The molecular formula is C18H26O. The third-order valence-corrected chi connectivity index (χ3v) is 4.68. The van der Waals surface area contributed by atoms with Gasteiger partial charge in [0.1, 0.15) is 0 Å². The summed E-state index contributed by atoms with van der Waals surface area (Å²) in [5, 5.41) is 9.48. The fourth-order valence-electron chi connectivity index (χ4n) is 3.19. The number of aryl methyl sites for hydroxylation is 1. The summed E-state index contributed by atoms with van der Waals surface area (Å²) in [6, 6.07) is 6.72. The monoisotopic (exact) mass is 258 g/mol. The number of allylic oxidation sites excluding steroid dienone is 1. The number of aliphatic hydroxyl groups excluding tert-OH is 1. The van der Waals surface area contributed by atoms with Gasteiger partial charge in [-0.2, -0.15) is 0 Å². The molecule has 1 aromatic rings. The summed E-state index contributed by atoms with van der Waals surface area (Å²) in [6.07, 6.45) is 4.61. The minimum absolute atomic E-state index is 0.143. The van der Waals surface area contributed by atoms with Crippen LogP contribution in [0.5, 0.6) is 0 Å². The predicted molar refractivity (Wildman–Crippen MR) is 82.3 cm³/mol. The largest absolute Gasteiger partial charge is 0.396 e. The van der Waals surface area contributed by atoms with Gasteiger partial charge in [-0.1, -0.05) is 42.8 Å². The summed E-state index contributed by atoms with van der Waals surface area (Å²) in [7, 11) is 0. The fourth-order valence-corrected chi connectivity index (χ4v) is 3.19. The summed E-state index contributed by atoms with van der Waals surface area (Å²) >= 11 is 0. The molecule has 104 valence electrons. The lowest BCUT2D eigenvalue weighted by atomic mass is 9.69. The van der Waals surface area contributed by atoms with Crippen LogP contribution in [0.15, 0.2) is 24.8 Å². The second-order valence-corrected chi connectivity index (χ2v) is 6.61. The molecule has 0 saturated heterocycles. The Morgan fingerprint density at radius 1 is 1.37 bits per heavy atom. The Balaban J connectivity index is 2.24. The highest BCUT2D eigenvalue weighted by Gasteiger charge is 2.31. The Morgan fingerprint density at radius 2 is 2.00 bits per heavy atom. The first kappa shape index (κ1) is 14.3. The van der Waals surface area contributed by atoms with Crippen LogP contribution in [0.25, 0.3) is 5.57 Å². The van der Waals surface area contributed by atoms with Crippen LogP contribution < -0.4 is 0 Å². The maximum absolute atomic E-state index is 9.48. The van der Waals surface area contributed by atoms with Gasteiger partial charge in [-0.05, 0) is 62.0 Å². The topological polar surface area (TPSA) is 20.2 Å². The van der Waals surface area contributed by atoms with E-state index in [-0.39, 0.29) is 5.41 Å². The van der Waals surface area contributed by atoms with E-state index < -0.39 is 0 Å². The second-order valence-electron chi connectivity index (χ2n) is 6.61. The molecule has 1 aromatic carbocycles. The van der Waals surface area contributed by atoms with E-state index in [1.165, 1.54) is 29.5 Å². The van der Waals surface area contributed by atoms with Gasteiger partial charge in [0.05, 0.1) is 0 Å². The molecule has 0 radical (unpaired) electrons. The van der Waals surface area contributed by atoms with E-state index >= 15 is 0 Å². The molecule has 0 unspecified atom stereocenters. The van der Waals surface area contributed by atoms with Crippen molar-refractivity contribution < 1.29 is 5.11 Å². The van der Waals surface area contributed by atoms with Crippen LogP contribution >= 0.6 is 0 Å². The van der Waals surface area contributed by atoms with Gasteiger partial charge in [0.2, 0.25) is 0 Å². The summed E-state index contributed by atoms with van der Waals surface area (Å²) < 4.78 is 0. The van der Waals surface area contributed by atoms with Crippen LogP contribution in [-0.2, 0) is 0 Å². The molecule has 0 spiro atoms. The van der Waals surface area contributed by atoms with Gasteiger partial charge in [0.15, 0.2) is 0 Å². The molecule has 1 nitrogen and oxygen atoms in total. The lowest BCUT2D eigenvalue weighted by molar-refractivity contribution is 0.0934. The van der Waals surface area contributed by atoms with Gasteiger partial charge in [-0.3, -0.25) is 0 Å². The lowest BCUT2D eigenvalue weighted by Crippen LogP contribution is -2.27. The summed E-state index contributed by atoms with van der Waals surface area (Å²) in [6.45, 7) is 10.9. The molecule has 1 fully saturated rings. The smallest absolute Gasteiger partial charge is 0.0484 e. The van der Waals surface area contributed by atoms with Crippen LogP contribution in [0.4, 0.5) is 0 Å². The Kier molecular flexibility index (Phi) is 4.15. The fraction of sp³-hybridized carbons (Fsp3) is 0.556. The lowest BCUT2D eigenvalue weighted by Gasteiger charge is -2.36. The van der Waals surface area contributed by atoms with Crippen molar-refractivity contribution in [2.45, 2.75) is 52.4 Å². The molecule has 19 heavy (non-hydrogen) atoms. The van der Waals surface area contributed by atoms with Crippen molar-refractivity contribution in [2.24, 2.45) is 5.41 Å². The Bertz CT molecular complexity index is 465. The quantitative estimate of drug-likeness (QED) is 0.834. The maximum Gasteiger partial charge on any atom is 0.0484 e. The molecule has 1 saturated carbocycles. The predicted octanol–water partition coefficient (Wildman–Crippen LogP) is 4.68. The van der Waals surface area contributed by atoms with E-state index in [2.05, 4.69) is 45.5 Å². The Morgan fingerprint density at radius 3 is 2.53 bits per heavy atom. The number of benzene rings is 1. The number of aliphatic hydroxyl groups is 1. The van der Waals surface area contributed by atoms with Crippen LogP contribution in [0.2, 0.25) is 0 Å². The van der Waals surface area contributed by atoms with Gasteiger partial charge in [-0.15, -0.1) is 0 Å². The van der Waals surface area contributed by atoms with Crippen LogP contribution in [0.1, 0.15) is 62.1 Å². The molecule has 2 rings (SSSR count). The van der Waals surface area contributed by atoms with Gasteiger partial charge < -0.3 is 5.11 Å². The molecule has 0 bridgehead atoms. The Hall–Kier alpha value is -1.08. The van der Waals surface area contributed by atoms with Crippen molar-refractivity contribution in [2.75, 3.05) is 6.61 Å². The molecule has 0 amide bonds. The second kappa shape index (κ2) is 5.50. The Labute approximate surface area is 117 Å². The van der Waals surface area contributed by atoms with Crippen molar-refractivity contribution >= 4 is 5.57 Å². The van der Waals surface area contributed by atoms with Gasteiger partial charge >= 0.3 is 0 Å². The molecule has 0 aromatic heterocycles. The van der Waals surface area contributed by atoms with Crippen molar-refractivity contribution in [3.63, 3.8) is 0 Å². The van der Waals surface area contributed by atoms with Crippen molar-refractivity contribution in [3.8, 4) is 0 Å². The minimum Gasteiger partial charge on any atom is -0.396 e. The third-order valence-electron chi connectivity index (χ3n) is 4.68. The minimum atomic E-state index is 0.143. The molecule has 0 atom stereocenters. The maximum atomic E-state index is 9.48. The van der Waals surface area contributed by atoms with Crippen molar-refractivity contribution in [3.05, 3.63) is 41.5 Å². The SMILES string of the molecule is C=C(C)c1ccc(C)cc1C1CCC(C)(CO)CC1. The van der Waals surface area contributed by atoms with Gasteiger partial charge in [0.25, 0.3) is 0 Å².